The Morgan fingerprint density at radius 1 is 1.60 bits per heavy atom. The lowest BCUT2D eigenvalue weighted by molar-refractivity contribution is -0.125. The van der Waals surface area contributed by atoms with Crippen LogP contribution in [0.3, 0.4) is 0 Å². The molecule has 0 aromatic rings. The number of nitrogens with one attached hydrogen (secondary N) is 3. The average molecular weight is 373 g/mol. The number of fused-ring (bicyclic) bond motifs is 1. The molecular weight excluding hydrogens is 348 g/mol. The molecule has 0 bridgehead atoms. The van der Waals surface area contributed by atoms with Gasteiger partial charge in [0.15, 0.2) is 0 Å². The van der Waals surface area contributed by atoms with Gasteiger partial charge in [-0.2, -0.15) is 0 Å². The van der Waals surface area contributed by atoms with E-state index in [2.05, 4.69) is 21.1 Å². The summed E-state index contributed by atoms with van der Waals surface area (Å²) in [5.41, 5.74) is 9.78. The third-order valence-corrected chi connectivity index (χ3v) is 4.74. The van der Waals surface area contributed by atoms with E-state index in [0.717, 1.165) is 0 Å². The average Bonchev–Trinajstić information content (AvgIpc) is 2.91. The Morgan fingerprint density at radius 2 is 2.44 bits per heavy atom. The summed E-state index contributed by atoms with van der Waals surface area (Å²) in [5, 5.41) is 16.9. The molecule has 0 aromatic heterocycles. The monoisotopic (exact) mass is 372 g/mol. The van der Waals surface area contributed by atoms with E-state index in [4.69, 9.17) is 27.2 Å². The molecule has 3 rings (SSSR count). The zero-order valence-corrected chi connectivity index (χ0v) is 14.7. The highest BCUT2D eigenvalue weighted by Gasteiger charge is 2.46. The summed E-state index contributed by atoms with van der Waals surface area (Å²) in [6.07, 6.45) is 2.07. The van der Waals surface area contributed by atoms with E-state index < -0.39 is 12.1 Å². The number of dihydropyridines is 1. The van der Waals surface area contributed by atoms with Gasteiger partial charge >= 0.3 is 0 Å². The number of nitrogens with zero attached hydrogens (tertiary/aromatic N) is 2. The molecule has 0 aliphatic carbocycles. The van der Waals surface area contributed by atoms with Crippen LogP contribution in [0.4, 0.5) is 0 Å². The van der Waals surface area contributed by atoms with Crippen LogP contribution in [-0.2, 0) is 9.53 Å². The maximum absolute atomic E-state index is 12.8. The van der Waals surface area contributed by atoms with Gasteiger partial charge in [0, 0.05) is 45.3 Å². The summed E-state index contributed by atoms with van der Waals surface area (Å²) in [4.78, 5) is 17.0. The third kappa shape index (κ3) is 4.30. The number of carbonyl (C=O) groups is 1. The summed E-state index contributed by atoms with van der Waals surface area (Å²) >= 11 is 6.15. The second-order valence-electron chi connectivity index (χ2n) is 6.32. The molecule has 2 saturated heterocycles. The minimum atomic E-state index is -0.501. The Bertz CT molecular complexity index is 557. The number of aliphatic hydroxyl groups excluding tert-OH is 1. The van der Waals surface area contributed by atoms with Crippen LogP contribution in [0.2, 0.25) is 0 Å². The van der Waals surface area contributed by atoms with Crippen molar-refractivity contribution in [3.05, 3.63) is 11.5 Å². The van der Waals surface area contributed by atoms with Crippen LogP contribution < -0.4 is 21.8 Å². The van der Waals surface area contributed by atoms with E-state index >= 15 is 0 Å². The van der Waals surface area contributed by atoms with Gasteiger partial charge in [0.1, 0.15) is 5.76 Å². The van der Waals surface area contributed by atoms with E-state index in [0.29, 0.717) is 50.5 Å². The number of hydrogen-bond acceptors (Lipinski definition) is 8. The quantitative estimate of drug-likeness (QED) is 0.282. The fraction of sp³-hybridized carbons (Fsp3) is 0.733. The molecule has 0 spiro atoms. The maximum atomic E-state index is 12.8. The molecule has 0 aromatic carbocycles. The lowest BCUT2D eigenvalue weighted by atomic mass is 10.0. The predicted molar refractivity (Wildman–Crippen MR) is 93.5 cm³/mol. The lowest BCUT2D eigenvalue weighted by Gasteiger charge is -2.34. The summed E-state index contributed by atoms with van der Waals surface area (Å²) in [6, 6.07) is 0. The Balaban J connectivity index is 1.66. The van der Waals surface area contributed by atoms with Crippen molar-refractivity contribution in [3.8, 4) is 0 Å². The van der Waals surface area contributed by atoms with Gasteiger partial charge in [0.25, 0.3) is 0 Å². The number of hydrogen-bond donors (Lipinski definition) is 5. The van der Waals surface area contributed by atoms with Crippen LogP contribution in [0.25, 0.3) is 0 Å². The molecular formula is C15H25ClN6O3. The van der Waals surface area contributed by atoms with Crippen molar-refractivity contribution >= 4 is 23.7 Å². The van der Waals surface area contributed by atoms with E-state index in [9.17, 15) is 4.79 Å². The second kappa shape index (κ2) is 8.43. The molecule has 6 N–H and O–H groups in total. The number of rotatable bonds is 6. The molecule has 10 heteroatoms. The van der Waals surface area contributed by atoms with E-state index in [1.165, 1.54) is 0 Å². The molecule has 0 saturated carbocycles. The largest absolute Gasteiger partial charge is 0.496 e. The van der Waals surface area contributed by atoms with Gasteiger partial charge < -0.3 is 20.9 Å². The number of hydrazine groups is 1. The van der Waals surface area contributed by atoms with Crippen molar-refractivity contribution in [2.75, 3.05) is 32.8 Å². The number of aliphatic imine (C=N–C) groups is 1. The van der Waals surface area contributed by atoms with Gasteiger partial charge in [-0.1, -0.05) is 0 Å². The molecule has 4 unspecified atom stereocenters. The molecule has 25 heavy (non-hydrogen) atoms. The van der Waals surface area contributed by atoms with Crippen LogP contribution in [-0.4, -0.2) is 72.8 Å². The van der Waals surface area contributed by atoms with Crippen molar-refractivity contribution in [1.82, 2.24) is 21.1 Å². The predicted octanol–water partition coefficient (Wildman–Crippen LogP) is -1.55. The molecule has 9 nitrogen and oxygen atoms in total. The van der Waals surface area contributed by atoms with Crippen LogP contribution in [0, 0.1) is 5.92 Å². The first kappa shape index (κ1) is 18.6. The van der Waals surface area contributed by atoms with Gasteiger partial charge in [-0.05, 0) is 0 Å². The standard InChI is InChI=1S/C15H25ClN6O3/c16-9-6-19-14-12(13(17)21-22(14)8-9)15(24)20-10-7-18-3-2-11(10)25-5-1-4-23/h7,9,12-14,19,21,23H,1-6,8,17H2,(H,20,24). The molecule has 3 aliphatic rings. The van der Waals surface area contributed by atoms with Crippen LogP contribution in [0.1, 0.15) is 12.8 Å². The van der Waals surface area contributed by atoms with Gasteiger partial charge in [0.05, 0.1) is 35.9 Å². The molecule has 2 fully saturated rings. The minimum Gasteiger partial charge on any atom is -0.496 e. The summed E-state index contributed by atoms with van der Waals surface area (Å²) in [7, 11) is 0. The number of alkyl halides is 1. The SMILES string of the molecule is NC1NN2CC(Cl)CNC2C1C(=O)NC1=C(OCCCO)CCN=C1. The van der Waals surface area contributed by atoms with Crippen molar-refractivity contribution in [3.63, 3.8) is 0 Å². The van der Waals surface area contributed by atoms with Crippen LogP contribution in [0.5, 0.6) is 0 Å². The summed E-state index contributed by atoms with van der Waals surface area (Å²) in [6.45, 7) is 2.33. The fourth-order valence-electron chi connectivity index (χ4n) is 3.24. The summed E-state index contributed by atoms with van der Waals surface area (Å²) in [5.74, 6) is 0.0240. The van der Waals surface area contributed by atoms with E-state index in [1.54, 1.807) is 6.21 Å². The molecule has 140 valence electrons. The highest BCUT2D eigenvalue weighted by atomic mass is 35.5. The Morgan fingerprint density at radius 3 is 3.24 bits per heavy atom. The number of carbonyl (C=O) groups excluding carboxylic acids is 1. The smallest absolute Gasteiger partial charge is 0.233 e. The van der Waals surface area contributed by atoms with Crippen molar-refractivity contribution in [2.24, 2.45) is 16.6 Å². The number of amides is 1. The fourth-order valence-corrected chi connectivity index (χ4v) is 3.47. The van der Waals surface area contributed by atoms with Gasteiger partial charge in [-0.15, -0.1) is 11.6 Å². The molecule has 4 atom stereocenters. The molecule has 3 heterocycles. The van der Waals surface area contributed by atoms with Crippen molar-refractivity contribution in [1.29, 1.82) is 0 Å². The van der Waals surface area contributed by atoms with E-state index in [1.807, 2.05) is 5.01 Å². The number of allylic oxidation sites excluding steroid dienone is 1. The van der Waals surface area contributed by atoms with Crippen molar-refractivity contribution < 1.29 is 14.6 Å². The first-order valence-corrected chi connectivity index (χ1v) is 8.97. The van der Waals surface area contributed by atoms with Gasteiger partial charge in [-0.25, -0.2) is 10.4 Å². The first-order valence-electron chi connectivity index (χ1n) is 8.53. The van der Waals surface area contributed by atoms with E-state index in [-0.39, 0.29) is 24.1 Å². The topological polar surface area (TPSA) is 124 Å². The second-order valence-corrected chi connectivity index (χ2v) is 6.94. The number of nitrogens with two attached hydrogens (primary N) is 1. The zero-order chi connectivity index (χ0) is 17.8. The van der Waals surface area contributed by atoms with Crippen molar-refractivity contribution in [2.45, 2.75) is 30.6 Å². The number of aliphatic hydroxyl groups is 1. The maximum Gasteiger partial charge on any atom is 0.233 e. The van der Waals surface area contributed by atoms with Crippen LogP contribution in [0.15, 0.2) is 16.4 Å². The molecule has 3 aliphatic heterocycles. The Labute approximate surface area is 151 Å². The Kier molecular flexibility index (Phi) is 6.26. The number of halogens is 1. The number of ether oxygens (including phenoxy) is 1. The first-order chi connectivity index (χ1) is 12.1. The molecule has 0 radical (unpaired) electrons. The summed E-state index contributed by atoms with van der Waals surface area (Å²) < 4.78 is 5.67. The molecule has 1 amide bonds. The Hall–Kier alpha value is -1.23. The van der Waals surface area contributed by atoms with Gasteiger partial charge in [-0.3, -0.25) is 15.1 Å². The normalized spacial score (nSPS) is 32.6. The lowest BCUT2D eigenvalue weighted by Crippen LogP contribution is -2.58. The third-order valence-electron chi connectivity index (χ3n) is 4.45. The zero-order valence-electron chi connectivity index (χ0n) is 13.9. The van der Waals surface area contributed by atoms with Crippen LogP contribution >= 0.6 is 11.6 Å². The highest BCUT2D eigenvalue weighted by Crippen LogP contribution is 2.23. The minimum absolute atomic E-state index is 0.0301. The highest BCUT2D eigenvalue weighted by molar-refractivity contribution is 6.21. The van der Waals surface area contributed by atoms with Gasteiger partial charge in [0.2, 0.25) is 5.91 Å².